The highest BCUT2D eigenvalue weighted by Crippen LogP contribution is 2.41. The van der Waals surface area contributed by atoms with Gasteiger partial charge in [-0.25, -0.2) is 0 Å². The molecule has 0 fully saturated rings. The van der Waals surface area contributed by atoms with Crippen LogP contribution in [0, 0.1) is 0 Å². The third-order valence-electron chi connectivity index (χ3n) is 5.06. The summed E-state index contributed by atoms with van der Waals surface area (Å²) in [6, 6.07) is 26.7. The van der Waals surface area contributed by atoms with Gasteiger partial charge in [-0.15, -0.1) is 10.2 Å². The minimum Gasteiger partial charge on any atom is -0.507 e. The summed E-state index contributed by atoms with van der Waals surface area (Å²) >= 11 is 0. The number of para-hydroxylation sites is 1. The Hall–Kier alpha value is -4.05. The smallest absolute Gasteiger partial charge is 0.207 e. The van der Waals surface area contributed by atoms with Crippen LogP contribution < -0.4 is 0 Å². The Morgan fingerprint density at radius 1 is 0.621 bits per heavy atom. The van der Waals surface area contributed by atoms with Gasteiger partial charge in [0.05, 0.1) is 0 Å². The van der Waals surface area contributed by atoms with Crippen molar-refractivity contribution in [2.24, 2.45) is 10.2 Å². The van der Waals surface area contributed by atoms with Crippen molar-refractivity contribution in [1.82, 2.24) is 0 Å². The summed E-state index contributed by atoms with van der Waals surface area (Å²) in [5, 5.41) is 18.9. The van der Waals surface area contributed by atoms with E-state index < -0.39 is 0 Å². The van der Waals surface area contributed by atoms with E-state index in [1.54, 1.807) is 24.3 Å². The molecule has 0 radical (unpaired) electrons. The van der Waals surface area contributed by atoms with E-state index in [9.17, 15) is 9.90 Å². The maximum absolute atomic E-state index is 12.9. The number of fused-ring (bicyclic) bond motifs is 1. The normalized spacial score (nSPS) is 15.6. The molecule has 0 atom stereocenters. The van der Waals surface area contributed by atoms with Crippen molar-refractivity contribution in [3.05, 3.63) is 113 Å². The molecule has 0 aromatic heterocycles. The van der Waals surface area contributed by atoms with Crippen molar-refractivity contribution in [3.8, 4) is 5.75 Å². The molecule has 1 N–H and O–H groups in total. The number of carbonyl (C=O) groups is 1. The van der Waals surface area contributed by atoms with Gasteiger partial charge in [0.25, 0.3) is 0 Å². The Balaban J connectivity index is 1.81. The molecule has 1 heterocycles. The number of allylic oxidation sites excluding steroid dienone is 4. The van der Waals surface area contributed by atoms with Gasteiger partial charge in [-0.05, 0) is 34.9 Å². The van der Waals surface area contributed by atoms with Gasteiger partial charge in [-0.2, -0.15) is 0 Å². The molecule has 4 nitrogen and oxygen atoms in total. The number of nitrogens with zero attached hydrogens (tertiary/aromatic N) is 2. The van der Waals surface area contributed by atoms with E-state index in [1.807, 2.05) is 66.7 Å². The van der Waals surface area contributed by atoms with E-state index in [4.69, 9.17) is 0 Å². The van der Waals surface area contributed by atoms with Gasteiger partial charge in [0.15, 0.2) is 0 Å². The molecular weight excluding hydrogens is 360 g/mol. The number of phenolic OH excluding ortho intramolecular Hbond substituents is 1. The Morgan fingerprint density at radius 3 is 1.90 bits per heavy atom. The summed E-state index contributed by atoms with van der Waals surface area (Å²) in [6.45, 7) is 0. The zero-order chi connectivity index (χ0) is 19.8. The first-order chi connectivity index (χ1) is 14.2. The van der Waals surface area contributed by atoms with Crippen LogP contribution in [0.5, 0.6) is 5.75 Å². The van der Waals surface area contributed by atoms with Crippen LogP contribution in [0.2, 0.25) is 0 Å². The van der Waals surface area contributed by atoms with Crippen molar-refractivity contribution in [2.75, 3.05) is 0 Å². The van der Waals surface area contributed by atoms with Gasteiger partial charge < -0.3 is 5.11 Å². The van der Waals surface area contributed by atoms with Crippen LogP contribution in [0.25, 0.3) is 11.1 Å². The van der Waals surface area contributed by atoms with Crippen LogP contribution in [-0.4, -0.2) is 22.3 Å². The fraction of sp³-hybridized carbons (Fsp3) is 0. The molecule has 5 rings (SSSR count). The molecule has 3 aromatic carbocycles. The van der Waals surface area contributed by atoms with E-state index in [2.05, 4.69) is 10.2 Å². The highest BCUT2D eigenvalue weighted by molar-refractivity contribution is 6.63. The maximum atomic E-state index is 12.9. The minimum atomic E-state index is -0.187. The molecule has 2 aliphatic rings. The second-order valence-electron chi connectivity index (χ2n) is 6.82. The van der Waals surface area contributed by atoms with Gasteiger partial charge in [-0.1, -0.05) is 72.8 Å². The quantitative estimate of drug-likeness (QED) is 0.675. The van der Waals surface area contributed by atoms with Gasteiger partial charge in [-0.3, -0.25) is 4.79 Å². The van der Waals surface area contributed by atoms with Crippen LogP contribution in [0.1, 0.15) is 16.7 Å². The van der Waals surface area contributed by atoms with Crippen LogP contribution in [0.15, 0.2) is 107 Å². The highest BCUT2D eigenvalue weighted by Gasteiger charge is 2.35. The molecule has 0 saturated carbocycles. The predicted octanol–water partition coefficient (Wildman–Crippen LogP) is 4.67. The minimum absolute atomic E-state index is 0.103. The highest BCUT2D eigenvalue weighted by atomic mass is 16.3. The Kier molecular flexibility index (Phi) is 4.03. The number of phenols is 1. The second kappa shape index (κ2) is 6.84. The van der Waals surface area contributed by atoms with E-state index in [0.29, 0.717) is 22.6 Å². The number of benzene rings is 3. The lowest BCUT2D eigenvalue weighted by Crippen LogP contribution is -2.23. The average Bonchev–Trinajstić information content (AvgIpc) is 3.21. The third-order valence-corrected chi connectivity index (χ3v) is 5.06. The molecule has 1 aliphatic heterocycles. The standard InChI is InChI=1S/C25H16N2O2/c28-20-14-8-7-13-18(20)24-23-22(17-11-5-2-6-12-17)19(16-9-3-1-4-10-16)15-21(29)25(23)27-26-24/h1-15,28H. The molecular formula is C25H16N2O2. The topological polar surface area (TPSA) is 62.0 Å². The summed E-state index contributed by atoms with van der Waals surface area (Å²) < 4.78 is 0. The summed E-state index contributed by atoms with van der Waals surface area (Å²) in [6.07, 6.45) is 1.63. The maximum Gasteiger partial charge on any atom is 0.207 e. The Bertz CT molecular complexity index is 1250. The zero-order valence-corrected chi connectivity index (χ0v) is 15.4. The van der Waals surface area contributed by atoms with Crippen molar-refractivity contribution in [1.29, 1.82) is 0 Å². The number of carbonyl (C=O) groups excluding carboxylic acids is 1. The largest absolute Gasteiger partial charge is 0.507 e. The van der Waals surface area contributed by atoms with Crippen LogP contribution in [0.3, 0.4) is 0 Å². The number of hydrogen-bond donors (Lipinski definition) is 1. The number of ketones is 1. The Morgan fingerprint density at radius 2 is 1.21 bits per heavy atom. The summed E-state index contributed by atoms with van der Waals surface area (Å²) in [4.78, 5) is 12.9. The van der Waals surface area contributed by atoms with Crippen LogP contribution in [-0.2, 0) is 4.79 Å². The van der Waals surface area contributed by atoms with Gasteiger partial charge in [0, 0.05) is 16.7 Å². The first-order valence-electron chi connectivity index (χ1n) is 9.30. The van der Waals surface area contributed by atoms with Crippen molar-refractivity contribution in [3.63, 3.8) is 0 Å². The van der Waals surface area contributed by atoms with Gasteiger partial charge in [0.2, 0.25) is 5.78 Å². The molecule has 0 amide bonds. The number of hydrogen-bond acceptors (Lipinski definition) is 4. The molecule has 1 aliphatic carbocycles. The van der Waals surface area contributed by atoms with Crippen LogP contribution >= 0.6 is 0 Å². The van der Waals surface area contributed by atoms with E-state index >= 15 is 0 Å². The summed E-state index contributed by atoms with van der Waals surface area (Å²) in [7, 11) is 0. The van der Waals surface area contributed by atoms with Crippen molar-refractivity contribution in [2.45, 2.75) is 0 Å². The zero-order valence-electron chi connectivity index (χ0n) is 15.4. The van der Waals surface area contributed by atoms with Gasteiger partial charge >= 0.3 is 0 Å². The lowest BCUT2D eigenvalue weighted by molar-refractivity contribution is -0.108. The summed E-state index contributed by atoms with van der Waals surface area (Å²) in [5.41, 5.74) is 5.63. The SMILES string of the molecule is O=C1C=C(c2ccccc2)C(c2ccccc2)=C2C1=NN=C2c1ccccc1O. The first kappa shape index (κ1) is 17.1. The van der Waals surface area contributed by atoms with Gasteiger partial charge in [0.1, 0.15) is 17.2 Å². The third kappa shape index (κ3) is 2.82. The molecule has 138 valence electrons. The number of aromatic hydroxyl groups is 1. The van der Waals surface area contributed by atoms with E-state index in [0.717, 1.165) is 22.3 Å². The fourth-order valence-corrected chi connectivity index (χ4v) is 3.74. The molecule has 4 heteroatoms. The average molecular weight is 376 g/mol. The van der Waals surface area contributed by atoms with Crippen molar-refractivity contribution >= 4 is 28.4 Å². The molecule has 0 spiro atoms. The second-order valence-corrected chi connectivity index (χ2v) is 6.82. The Labute approximate surface area is 167 Å². The van der Waals surface area contributed by atoms with E-state index in [-0.39, 0.29) is 11.5 Å². The molecule has 0 saturated heterocycles. The molecule has 0 unspecified atom stereocenters. The lowest BCUT2D eigenvalue weighted by atomic mass is 9.79. The van der Waals surface area contributed by atoms with Crippen LogP contribution in [0.4, 0.5) is 0 Å². The first-order valence-corrected chi connectivity index (χ1v) is 9.30. The molecule has 0 bridgehead atoms. The summed E-state index contributed by atoms with van der Waals surface area (Å²) in [5.74, 6) is -0.0846. The number of rotatable bonds is 3. The van der Waals surface area contributed by atoms with E-state index in [1.165, 1.54) is 0 Å². The molecule has 3 aromatic rings. The fourth-order valence-electron chi connectivity index (χ4n) is 3.74. The lowest BCUT2D eigenvalue weighted by Gasteiger charge is -2.22. The van der Waals surface area contributed by atoms with Crippen molar-refractivity contribution < 1.29 is 9.90 Å². The molecule has 29 heavy (non-hydrogen) atoms. The monoisotopic (exact) mass is 376 g/mol. The predicted molar refractivity (Wildman–Crippen MR) is 115 cm³/mol.